The molecule has 15 heavy (non-hydrogen) atoms. The van der Waals surface area contributed by atoms with Gasteiger partial charge in [0.2, 0.25) is 0 Å². The van der Waals surface area contributed by atoms with Crippen molar-refractivity contribution in [2.24, 2.45) is 0 Å². The quantitative estimate of drug-likeness (QED) is 0.609. The number of nitrogens with zero attached hydrogens (tertiary/aromatic N) is 2. The van der Waals surface area contributed by atoms with Crippen LogP contribution in [0.1, 0.15) is 12.0 Å². The Morgan fingerprint density at radius 2 is 2.33 bits per heavy atom. The third-order valence-corrected chi connectivity index (χ3v) is 2.34. The zero-order valence-corrected chi connectivity index (χ0v) is 9.50. The Morgan fingerprint density at radius 3 is 3.13 bits per heavy atom. The fraction of sp³-hybridized carbons (Fsp3) is 0.200. The van der Waals surface area contributed by atoms with Gasteiger partial charge in [-0.3, -0.25) is 0 Å². The lowest BCUT2D eigenvalue weighted by Gasteiger charge is -1.93. The topological polar surface area (TPSA) is 67.6 Å². The van der Waals surface area contributed by atoms with E-state index in [1.807, 2.05) is 0 Å². The van der Waals surface area contributed by atoms with Crippen LogP contribution in [-0.2, 0) is 0 Å². The highest BCUT2D eigenvalue weighted by Gasteiger charge is 2.05. The molecule has 0 fully saturated rings. The molecule has 0 saturated carbocycles. The van der Waals surface area contributed by atoms with Crippen molar-refractivity contribution >= 4 is 32.8 Å². The monoisotopic (exact) mass is 264 g/mol. The van der Waals surface area contributed by atoms with Crippen LogP contribution in [0.25, 0.3) is 11.0 Å². The van der Waals surface area contributed by atoms with Crippen molar-refractivity contribution < 1.29 is 0 Å². The van der Waals surface area contributed by atoms with Gasteiger partial charge in [-0.1, -0.05) is 27.8 Å². The van der Waals surface area contributed by atoms with E-state index in [0.29, 0.717) is 5.82 Å². The lowest BCUT2D eigenvalue weighted by atomic mass is 10.2. The average Bonchev–Trinajstić information content (AvgIpc) is 2.63. The number of nitrogens with one attached hydrogen (secondary N) is 1. The zero-order chi connectivity index (χ0) is 10.7. The van der Waals surface area contributed by atoms with Gasteiger partial charge in [0.1, 0.15) is 17.8 Å². The molecule has 0 radical (unpaired) electrons. The van der Waals surface area contributed by atoms with Crippen LogP contribution in [0.4, 0.5) is 5.82 Å². The first kappa shape index (κ1) is 9.99. The van der Waals surface area contributed by atoms with E-state index in [9.17, 15) is 0 Å². The molecular weight excluding hydrogens is 256 g/mol. The highest BCUT2D eigenvalue weighted by Crippen LogP contribution is 2.19. The van der Waals surface area contributed by atoms with Crippen LogP contribution in [0.15, 0.2) is 12.5 Å². The molecule has 2 rings (SSSR count). The van der Waals surface area contributed by atoms with Crippen molar-refractivity contribution in [1.29, 1.82) is 0 Å². The minimum Gasteiger partial charge on any atom is -0.383 e. The van der Waals surface area contributed by atoms with Gasteiger partial charge in [-0.05, 0) is 0 Å². The summed E-state index contributed by atoms with van der Waals surface area (Å²) in [5.41, 5.74) is 7.34. The van der Waals surface area contributed by atoms with Gasteiger partial charge in [0, 0.05) is 17.9 Å². The normalized spacial score (nSPS) is 9.93. The molecule has 4 nitrogen and oxygen atoms in total. The molecule has 0 saturated heterocycles. The molecule has 0 bridgehead atoms. The first-order chi connectivity index (χ1) is 7.33. The largest absolute Gasteiger partial charge is 0.383 e. The van der Waals surface area contributed by atoms with E-state index < -0.39 is 0 Å². The number of alkyl halides is 1. The summed E-state index contributed by atoms with van der Waals surface area (Å²) < 4.78 is 0. The molecule has 0 aliphatic rings. The maximum absolute atomic E-state index is 5.76. The molecule has 0 aliphatic heterocycles. The number of hydrogen-bond donors (Lipinski definition) is 2. The summed E-state index contributed by atoms with van der Waals surface area (Å²) in [5.74, 6) is 6.53. The third-order valence-electron chi connectivity index (χ3n) is 1.94. The van der Waals surface area contributed by atoms with E-state index in [0.717, 1.165) is 28.3 Å². The van der Waals surface area contributed by atoms with Gasteiger partial charge in [-0.15, -0.1) is 0 Å². The first-order valence-electron chi connectivity index (χ1n) is 4.45. The predicted octanol–water partition coefficient (Wildman–Crippen LogP) is 1.68. The van der Waals surface area contributed by atoms with Crippen LogP contribution in [-0.4, -0.2) is 20.3 Å². The van der Waals surface area contributed by atoms with Crippen molar-refractivity contribution in [3.05, 3.63) is 18.1 Å². The zero-order valence-electron chi connectivity index (χ0n) is 7.92. The molecule has 0 atom stereocenters. The van der Waals surface area contributed by atoms with Gasteiger partial charge < -0.3 is 10.7 Å². The standard InChI is InChI=1S/C10H9BrN4/c11-4-2-1-3-7-5-13-10-8(7)9(12)14-6-15-10/h5-6H,2,4H2,(H3,12,13,14,15). The number of nitrogen functional groups attached to an aromatic ring is 1. The second-order valence-corrected chi connectivity index (χ2v) is 3.72. The molecule has 0 aliphatic carbocycles. The maximum Gasteiger partial charge on any atom is 0.144 e. The third kappa shape index (κ3) is 1.95. The predicted molar refractivity (Wildman–Crippen MR) is 63.6 cm³/mol. The van der Waals surface area contributed by atoms with Gasteiger partial charge in [0.25, 0.3) is 0 Å². The average molecular weight is 265 g/mol. The number of fused-ring (bicyclic) bond motifs is 1. The number of aromatic nitrogens is 3. The van der Waals surface area contributed by atoms with Gasteiger partial charge in [-0.2, -0.15) is 0 Å². The summed E-state index contributed by atoms with van der Waals surface area (Å²) in [5, 5.41) is 1.67. The molecule has 2 aromatic heterocycles. The van der Waals surface area contributed by atoms with Crippen molar-refractivity contribution in [3.63, 3.8) is 0 Å². The van der Waals surface area contributed by atoms with Gasteiger partial charge in [-0.25, -0.2) is 9.97 Å². The Kier molecular flexibility index (Phi) is 2.88. The van der Waals surface area contributed by atoms with Crippen LogP contribution in [0, 0.1) is 11.8 Å². The molecule has 0 unspecified atom stereocenters. The molecule has 2 heterocycles. The minimum atomic E-state index is 0.462. The molecule has 3 N–H and O–H groups in total. The summed E-state index contributed by atoms with van der Waals surface area (Å²) in [7, 11) is 0. The fourth-order valence-corrected chi connectivity index (χ4v) is 1.49. The van der Waals surface area contributed by atoms with E-state index >= 15 is 0 Å². The SMILES string of the molecule is Nc1ncnc2[nH]cc(C#CCCBr)c12. The summed E-state index contributed by atoms with van der Waals surface area (Å²) in [4.78, 5) is 11.0. The van der Waals surface area contributed by atoms with E-state index in [4.69, 9.17) is 5.73 Å². The van der Waals surface area contributed by atoms with Crippen molar-refractivity contribution in [2.75, 3.05) is 11.1 Å². The summed E-state index contributed by atoms with van der Waals surface area (Å²) in [6, 6.07) is 0. The van der Waals surface area contributed by atoms with E-state index in [-0.39, 0.29) is 0 Å². The van der Waals surface area contributed by atoms with Crippen LogP contribution < -0.4 is 5.73 Å². The number of rotatable bonds is 1. The van der Waals surface area contributed by atoms with E-state index in [1.165, 1.54) is 6.33 Å². The Morgan fingerprint density at radius 1 is 1.47 bits per heavy atom. The molecular formula is C10H9BrN4. The summed E-state index contributed by atoms with van der Waals surface area (Å²) in [6.45, 7) is 0. The Labute approximate surface area is 95.4 Å². The lowest BCUT2D eigenvalue weighted by molar-refractivity contribution is 1.21. The number of anilines is 1. The van der Waals surface area contributed by atoms with Crippen LogP contribution in [0.2, 0.25) is 0 Å². The molecule has 0 amide bonds. The molecule has 5 heteroatoms. The van der Waals surface area contributed by atoms with Crippen LogP contribution in [0.3, 0.4) is 0 Å². The highest BCUT2D eigenvalue weighted by atomic mass is 79.9. The van der Waals surface area contributed by atoms with Crippen molar-refractivity contribution in [2.45, 2.75) is 6.42 Å². The Bertz CT molecular complexity index is 535. The second-order valence-electron chi connectivity index (χ2n) is 2.93. The van der Waals surface area contributed by atoms with Crippen LogP contribution in [0.5, 0.6) is 0 Å². The Hall–Kier alpha value is -1.54. The molecule has 76 valence electrons. The molecule has 2 aromatic rings. The van der Waals surface area contributed by atoms with Crippen LogP contribution >= 0.6 is 15.9 Å². The minimum absolute atomic E-state index is 0.462. The number of H-pyrrole nitrogens is 1. The van der Waals surface area contributed by atoms with E-state index in [2.05, 4.69) is 42.7 Å². The fourth-order valence-electron chi connectivity index (χ4n) is 1.29. The maximum atomic E-state index is 5.76. The molecule has 0 spiro atoms. The van der Waals surface area contributed by atoms with Crippen molar-refractivity contribution in [3.8, 4) is 11.8 Å². The summed E-state index contributed by atoms with van der Waals surface area (Å²) >= 11 is 3.32. The Balaban J connectivity index is 2.50. The number of nitrogens with two attached hydrogens (primary N) is 1. The number of halogens is 1. The second kappa shape index (κ2) is 4.32. The number of aromatic amines is 1. The van der Waals surface area contributed by atoms with Gasteiger partial charge >= 0.3 is 0 Å². The van der Waals surface area contributed by atoms with E-state index in [1.54, 1.807) is 6.20 Å². The van der Waals surface area contributed by atoms with Crippen molar-refractivity contribution in [1.82, 2.24) is 15.0 Å². The van der Waals surface area contributed by atoms with Gasteiger partial charge in [0.15, 0.2) is 0 Å². The molecule has 0 aromatic carbocycles. The summed E-state index contributed by atoms with van der Waals surface area (Å²) in [6.07, 6.45) is 4.04. The van der Waals surface area contributed by atoms with Gasteiger partial charge in [0.05, 0.1) is 10.9 Å². The lowest BCUT2D eigenvalue weighted by Crippen LogP contribution is -1.92. The first-order valence-corrected chi connectivity index (χ1v) is 5.57. The smallest absolute Gasteiger partial charge is 0.144 e. The highest BCUT2D eigenvalue weighted by molar-refractivity contribution is 9.09. The number of hydrogen-bond acceptors (Lipinski definition) is 3.